The number of carbonyl (C=O) groups is 1. The van der Waals surface area contributed by atoms with Crippen molar-refractivity contribution in [1.82, 2.24) is 0 Å². The number of aliphatic hydroxyl groups excluding tert-OH is 2. The highest BCUT2D eigenvalue weighted by atomic mass is 16.3. The van der Waals surface area contributed by atoms with Crippen LogP contribution in [0.4, 0.5) is 0 Å². The third-order valence-corrected chi connectivity index (χ3v) is 13.6. The molecule has 0 saturated heterocycles. The lowest BCUT2D eigenvalue weighted by molar-refractivity contribution is -0.139. The molecule has 0 bridgehead atoms. The molecule has 0 aromatic heterocycles. The lowest BCUT2D eigenvalue weighted by Gasteiger charge is -2.50. The van der Waals surface area contributed by atoms with Crippen LogP contribution in [0.15, 0.2) is 11.3 Å². The van der Waals surface area contributed by atoms with Crippen molar-refractivity contribution in [2.45, 2.75) is 128 Å². The Labute approximate surface area is 241 Å². The van der Waals surface area contributed by atoms with Crippen molar-refractivity contribution in [3.63, 3.8) is 0 Å². The Morgan fingerprint density at radius 3 is 1.97 bits per heavy atom. The van der Waals surface area contributed by atoms with Gasteiger partial charge in [0, 0.05) is 29.2 Å². The molecule has 0 aromatic rings. The molecular weight excluding hydrogens is 478 g/mol. The van der Waals surface area contributed by atoms with E-state index in [1.54, 1.807) is 0 Å². The van der Waals surface area contributed by atoms with Crippen molar-refractivity contribution >= 4 is 22.6 Å². The SMILES string of the molecule is O=C1CC2CCCCC2C2CCC3CCCC3C12.OC1=C2CCCCC2C2CCC3CCCC3C2[C@H]1O.[B].[B]. The summed E-state index contributed by atoms with van der Waals surface area (Å²) in [5, 5.41) is 21.1. The van der Waals surface area contributed by atoms with Gasteiger partial charge in [-0.25, -0.2) is 0 Å². The van der Waals surface area contributed by atoms with Crippen LogP contribution in [-0.4, -0.2) is 38.9 Å². The number of carbonyl (C=O) groups excluding carboxylic acids is 1. The van der Waals surface area contributed by atoms with Gasteiger partial charge in [-0.05, 0) is 135 Å². The standard InChI is InChI=1S/C17H26O2.C17H26O.2B/c18-16-14-6-2-1-5-12(14)13-9-8-10-4-3-7-11(10)15(13)17(16)19;18-16-10-12-4-1-2-6-13(12)15-9-8-11-5-3-7-14(11)17(15)16;;/h10-13,15,17-19H,1-9H2;11-15,17H,1-10H2;;/t10?,11?,12?,13?,15?,17-;;;/m1.../s1. The van der Waals surface area contributed by atoms with E-state index in [1.165, 1.54) is 115 Å². The third-order valence-electron chi connectivity index (χ3n) is 13.6. The number of rotatable bonds is 0. The van der Waals surface area contributed by atoms with E-state index in [0.717, 1.165) is 48.3 Å². The first-order chi connectivity index (χ1) is 18.1. The molecular formula is C34H52B2O3. The normalized spacial score (nSPS) is 47.9. The number of hydrogen-bond acceptors (Lipinski definition) is 3. The van der Waals surface area contributed by atoms with Crippen LogP contribution in [0.25, 0.3) is 0 Å². The van der Waals surface area contributed by atoms with Crippen LogP contribution in [-0.2, 0) is 4.79 Å². The summed E-state index contributed by atoms with van der Waals surface area (Å²) in [6.07, 6.45) is 24.5. The van der Waals surface area contributed by atoms with Crippen molar-refractivity contribution in [3.05, 3.63) is 11.3 Å². The van der Waals surface area contributed by atoms with Gasteiger partial charge in [-0.2, -0.15) is 0 Å². The molecule has 7 saturated carbocycles. The molecule has 11 unspecified atom stereocenters. The van der Waals surface area contributed by atoms with E-state index in [4.69, 9.17) is 0 Å². The van der Waals surface area contributed by atoms with Gasteiger partial charge in [0.2, 0.25) is 0 Å². The maximum Gasteiger partial charge on any atom is 0.136 e. The minimum absolute atomic E-state index is 0. The Kier molecular flexibility index (Phi) is 9.37. The Morgan fingerprint density at radius 1 is 0.564 bits per heavy atom. The van der Waals surface area contributed by atoms with E-state index in [1.807, 2.05) is 0 Å². The van der Waals surface area contributed by atoms with Gasteiger partial charge in [0.1, 0.15) is 17.6 Å². The molecule has 8 aliphatic rings. The summed E-state index contributed by atoms with van der Waals surface area (Å²) in [6, 6.07) is 0. The van der Waals surface area contributed by atoms with Gasteiger partial charge in [-0.1, -0.05) is 44.9 Å². The second kappa shape index (κ2) is 12.3. The van der Waals surface area contributed by atoms with Gasteiger partial charge >= 0.3 is 0 Å². The fraction of sp³-hybridized carbons (Fsp3) is 0.912. The first-order valence-corrected chi connectivity index (χ1v) is 16.7. The summed E-state index contributed by atoms with van der Waals surface area (Å²) >= 11 is 0. The lowest BCUT2D eigenvalue weighted by atomic mass is 9.53. The number of ketones is 1. The molecule has 8 rings (SSSR count). The second-order valence-electron chi connectivity index (χ2n) is 14.9. The Balaban J connectivity index is 0.000000150. The molecule has 212 valence electrons. The number of Topliss-reactive ketones (excluding diaryl/α,β-unsaturated/α-hetero) is 1. The average Bonchev–Trinajstić information content (AvgIpc) is 3.61. The summed E-state index contributed by atoms with van der Waals surface area (Å²) in [6.45, 7) is 0. The zero-order valence-electron chi connectivity index (χ0n) is 24.3. The van der Waals surface area contributed by atoms with Gasteiger partial charge in [0.05, 0.1) is 0 Å². The van der Waals surface area contributed by atoms with E-state index in [2.05, 4.69) is 0 Å². The molecule has 0 spiro atoms. The average molecular weight is 530 g/mol. The molecule has 0 amide bonds. The fourth-order valence-electron chi connectivity index (χ4n) is 12.2. The van der Waals surface area contributed by atoms with Crippen LogP contribution < -0.4 is 0 Å². The van der Waals surface area contributed by atoms with Crippen molar-refractivity contribution in [3.8, 4) is 0 Å². The number of allylic oxidation sites excluding steroid dienone is 1. The molecule has 3 nitrogen and oxygen atoms in total. The maximum atomic E-state index is 12.6. The van der Waals surface area contributed by atoms with Gasteiger partial charge in [-0.15, -0.1) is 0 Å². The minimum atomic E-state index is -0.541. The summed E-state index contributed by atoms with van der Waals surface area (Å²) in [7, 11) is 0. The third kappa shape index (κ3) is 5.12. The van der Waals surface area contributed by atoms with Crippen molar-refractivity contribution in [1.29, 1.82) is 0 Å². The van der Waals surface area contributed by atoms with E-state index in [9.17, 15) is 15.0 Å². The Bertz CT molecular complexity index is 903. The molecule has 0 aliphatic heterocycles. The minimum Gasteiger partial charge on any atom is -0.510 e. The lowest BCUT2D eigenvalue weighted by Crippen LogP contribution is -2.48. The first kappa shape index (κ1) is 29.8. The predicted molar refractivity (Wildman–Crippen MR) is 158 cm³/mol. The summed E-state index contributed by atoms with van der Waals surface area (Å²) in [4.78, 5) is 12.6. The largest absolute Gasteiger partial charge is 0.510 e. The molecule has 5 heteroatoms. The van der Waals surface area contributed by atoms with Crippen molar-refractivity contribution in [2.75, 3.05) is 0 Å². The summed E-state index contributed by atoms with van der Waals surface area (Å²) < 4.78 is 0. The van der Waals surface area contributed by atoms with Crippen LogP contribution >= 0.6 is 0 Å². The molecule has 8 aliphatic carbocycles. The molecule has 7 fully saturated rings. The molecule has 0 heterocycles. The summed E-state index contributed by atoms with van der Waals surface area (Å²) in [5.74, 6) is 8.99. The molecule has 2 N–H and O–H groups in total. The highest BCUT2D eigenvalue weighted by Crippen LogP contribution is 2.58. The fourth-order valence-corrected chi connectivity index (χ4v) is 12.2. The first-order valence-electron chi connectivity index (χ1n) is 16.7. The smallest absolute Gasteiger partial charge is 0.136 e. The number of fused-ring (bicyclic) bond motifs is 10. The number of aliphatic hydroxyl groups is 2. The maximum absolute atomic E-state index is 12.6. The van der Waals surface area contributed by atoms with Crippen LogP contribution in [0.5, 0.6) is 0 Å². The van der Waals surface area contributed by atoms with E-state index < -0.39 is 6.10 Å². The monoisotopic (exact) mass is 530 g/mol. The molecule has 39 heavy (non-hydrogen) atoms. The van der Waals surface area contributed by atoms with Gasteiger partial charge in [-0.3, -0.25) is 4.79 Å². The van der Waals surface area contributed by atoms with E-state index in [0.29, 0.717) is 41.1 Å². The topological polar surface area (TPSA) is 57.5 Å². The highest BCUT2D eigenvalue weighted by molar-refractivity contribution is 5.83. The second-order valence-corrected chi connectivity index (χ2v) is 14.9. The Hall–Kier alpha value is -0.700. The summed E-state index contributed by atoms with van der Waals surface area (Å²) in [5.41, 5.74) is 1.23. The number of hydrogen-bond donors (Lipinski definition) is 2. The van der Waals surface area contributed by atoms with Crippen LogP contribution in [0.1, 0.15) is 122 Å². The highest BCUT2D eigenvalue weighted by Gasteiger charge is 2.53. The van der Waals surface area contributed by atoms with Gasteiger partial charge < -0.3 is 10.2 Å². The zero-order chi connectivity index (χ0) is 25.1. The predicted octanol–water partition coefficient (Wildman–Crippen LogP) is 7.25. The Morgan fingerprint density at radius 2 is 1.18 bits per heavy atom. The van der Waals surface area contributed by atoms with E-state index in [-0.39, 0.29) is 16.8 Å². The quantitative estimate of drug-likeness (QED) is 0.325. The van der Waals surface area contributed by atoms with Crippen LogP contribution in [0.3, 0.4) is 0 Å². The van der Waals surface area contributed by atoms with E-state index >= 15 is 0 Å². The van der Waals surface area contributed by atoms with Crippen molar-refractivity contribution in [2.24, 2.45) is 65.1 Å². The molecule has 6 radical (unpaired) electrons. The van der Waals surface area contributed by atoms with Crippen LogP contribution in [0, 0.1) is 65.1 Å². The zero-order valence-corrected chi connectivity index (χ0v) is 24.3. The van der Waals surface area contributed by atoms with Gasteiger partial charge in [0.25, 0.3) is 0 Å². The molecule has 12 atom stereocenters. The van der Waals surface area contributed by atoms with Gasteiger partial charge in [0.15, 0.2) is 0 Å². The molecule has 0 aromatic carbocycles. The van der Waals surface area contributed by atoms with Crippen LogP contribution in [0.2, 0.25) is 0 Å². The van der Waals surface area contributed by atoms with Crippen molar-refractivity contribution < 1.29 is 15.0 Å².